The van der Waals surface area contributed by atoms with E-state index in [1.807, 2.05) is 42.5 Å². The molecule has 0 aliphatic rings. The molecule has 0 saturated heterocycles. The fourth-order valence-corrected chi connectivity index (χ4v) is 6.71. The van der Waals surface area contributed by atoms with E-state index in [-0.39, 0.29) is 10.9 Å². The predicted octanol–water partition coefficient (Wildman–Crippen LogP) is 7.77. The van der Waals surface area contributed by atoms with E-state index in [9.17, 15) is 9.59 Å². The molecule has 0 fully saturated rings. The van der Waals surface area contributed by atoms with Crippen LogP contribution in [0.25, 0.3) is 69.6 Å². The quantitative estimate of drug-likeness (QED) is 0.219. The van der Waals surface area contributed by atoms with Gasteiger partial charge >= 0.3 is 0 Å². The number of aromatic nitrogens is 1. The van der Waals surface area contributed by atoms with Crippen molar-refractivity contribution in [3.63, 3.8) is 0 Å². The lowest BCUT2D eigenvalue weighted by molar-refractivity contribution is 0.660. The molecule has 5 aromatic carbocycles. The molecule has 0 amide bonds. The Hall–Kier alpha value is -4.74. The highest BCUT2D eigenvalue weighted by Gasteiger charge is 2.17. The molecule has 3 aromatic heterocycles. The third-order valence-corrected chi connectivity index (χ3v) is 8.39. The summed E-state index contributed by atoms with van der Waals surface area (Å²) >= 11 is 1.53. The highest BCUT2D eigenvalue weighted by atomic mass is 32.1. The summed E-state index contributed by atoms with van der Waals surface area (Å²) < 4.78 is 9.93. The Balaban J connectivity index is 1.53. The molecule has 0 atom stereocenters. The van der Waals surface area contributed by atoms with Crippen LogP contribution < -0.4 is 10.9 Å². The van der Waals surface area contributed by atoms with Crippen molar-refractivity contribution in [1.29, 1.82) is 0 Å². The zero-order chi connectivity index (χ0) is 24.7. The second-order valence-corrected chi connectivity index (χ2v) is 10.3. The van der Waals surface area contributed by atoms with Gasteiger partial charge in [0.25, 0.3) is 0 Å². The summed E-state index contributed by atoms with van der Waals surface area (Å²) in [6.45, 7) is 0. The lowest BCUT2D eigenvalue weighted by atomic mass is 10.1. The van der Waals surface area contributed by atoms with E-state index in [1.165, 1.54) is 22.1 Å². The summed E-state index contributed by atoms with van der Waals surface area (Å²) in [5.74, 6) is 0. The molecule has 3 heterocycles. The number of hydrogen-bond donors (Lipinski definition) is 0. The zero-order valence-electron chi connectivity index (χ0n) is 19.4. The molecule has 4 nitrogen and oxygen atoms in total. The van der Waals surface area contributed by atoms with Crippen molar-refractivity contribution < 1.29 is 4.42 Å². The number of para-hydroxylation sites is 3. The van der Waals surface area contributed by atoms with Crippen molar-refractivity contribution in [2.45, 2.75) is 0 Å². The minimum absolute atomic E-state index is 0.0657. The van der Waals surface area contributed by atoms with E-state index < -0.39 is 0 Å². The van der Waals surface area contributed by atoms with E-state index in [1.54, 1.807) is 18.2 Å². The van der Waals surface area contributed by atoms with Crippen LogP contribution in [0.15, 0.2) is 117 Å². The van der Waals surface area contributed by atoms with Crippen LogP contribution in [0.2, 0.25) is 0 Å². The first-order valence-electron chi connectivity index (χ1n) is 12.0. The van der Waals surface area contributed by atoms with Gasteiger partial charge in [0.15, 0.2) is 5.43 Å². The molecule has 0 N–H and O–H groups in total. The van der Waals surface area contributed by atoms with Crippen LogP contribution in [0.5, 0.6) is 0 Å². The summed E-state index contributed by atoms with van der Waals surface area (Å²) in [5.41, 5.74) is 3.91. The molecule has 0 bridgehead atoms. The Morgan fingerprint density at radius 3 is 1.92 bits per heavy atom. The van der Waals surface area contributed by atoms with Crippen LogP contribution in [-0.2, 0) is 0 Å². The Labute approximate surface area is 213 Å². The van der Waals surface area contributed by atoms with Crippen molar-refractivity contribution in [3.8, 4) is 5.69 Å². The Morgan fingerprint density at radius 1 is 0.541 bits per heavy atom. The Morgan fingerprint density at radius 2 is 1.16 bits per heavy atom. The van der Waals surface area contributed by atoms with Crippen LogP contribution >= 0.6 is 11.3 Å². The highest BCUT2D eigenvalue weighted by Crippen LogP contribution is 2.37. The number of nitrogens with zero attached hydrogens (tertiary/aromatic N) is 1. The van der Waals surface area contributed by atoms with E-state index in [0.29, 0.717) is 32.7 Å². The van der Waals surface area contributed by atoms with E-state index in [0.717, 1.165) is 26.1 Å². The SMILES string of the molecule is O=c1c2ccccc2oc2cc3c(=O)c4cccc(-n5c6ccccc6c6ccccc65)c4sc3cc12. The van der Waals surface area contributed by atoms with Crippen molar-refractivity contribution in [1.82, 2.24) is 4.57 Å². The van der Waals surface area contributed by atoms with Gasteiger partial charge in [0, 0.05) is 26.2 Å². The van der Waals surface area contributed by atoms with Gasteiger partial charge in [-0.3, -0.25) is 9.59 Å². The summed E-state index contributed by atoms with van der Waals surface area (Å²) in [7, 11) is 0. The number of benzene rings is 5. The topological polar surface area (TPSA) is 52.2 Å². The maximum Gasteiger partial charge on any atom is 0.200 e. The van der Waals surface area contributed by atoms with Gasteiger partial charge in [-0.05, 0) is 48.5 Å². The molecule has 0 unspecified atom stereocenters. The van der Waals surface area contributed by atoms with E-state index >= 15 is 0 Å². The normalized spacial score (nSPS) is 12.0. The summed E-state index contributed by atoms with van der Waals surface area (Å²) in [6, 6.07) is 33.3. The zero-order valence-corrected chi connectivity index (χ0v) is 20.2. The number of rotatable bonds is 1. The van der Waals surface area contributed by atoms with Crippen LogP contribution in [0.4, 0.5) is 0 Å². The lowest BCUT2D eigenvalue weighted by Crippen LogP contribution is -2.06. The fraction of sp³-hybridized carbons (Fsp3) is 0. The Bertz CT molecular complexity index is 2300. The molecule has 0 radical (unpaired) electrons. The van der Waals surface area contributed by atoms with Crippen molar-refractivity contribution >= 4 is 75.3 Å². The molecule has 0 spiro atoms. The second-order valence-electron chi connectivity index (χ2n) is 9.23. The lowest BCUT2D eigenvalue weighted by Gasteiger charge is -2.12. The van der Waals surface area contributed by atoms with Crippen molar-refractivity contribution in [3.05, 3.63) is 124 Å². The molecule has 8 rings (SSSR count). The van der Waals surface area contributed by atoms with Gasteiger partial charge in [-0.1, -0.05) is 54.6 Å². The molecule has 0 aliphatic heterocycles. The molecule has 174 valence electrons. The first kappa shape index (κ1) is 20.5. The third-order valence-electron chi connectivity index (χ3n) is 7.19. The van der Waals surface area contributed by atoms with Gasteiger partial charge in [-0.15, -0.1) is 11.3 Å². The minimum Gasteiger partial charge on any atom is -0.456 e. The average Bonchev–Trinajstić information content (AvgIpc) is 3.27. The first-order chi connectivity index (χ1) is 18.2. The average molecular weight is 496 g/mol. The fourth-order valence-electron chi connectivity index (χ4n) is 5.51. The van der Waals surface area contributed by atoms with Crippen LogP contribution in [0.3, 0.4) is 0 Å². The van der Waals surface area contributed by atoms with E-state index in [2.05, 4.69) is 47.0 Å². The van der Waals surface area contributed by atoms with Gasteiger partial charge in [0.2, 0.25) is 5.43 Å². The summed E-state index contributed by atoms with van der Waals surface area (Å²) in [6.07, 6.45) is 0. The molecule has 0 aliphatic carbocycles. The largest absolute Gasteiger partial charge is 0.456 e. The molecule has 0 saturated carbocycles. The maximum atomic E-state index is 13.8. The molecular weight excluding hydrogens is 478 g/mol. The molecule has 8 aromatic rings. The van der Waals surface area contributed by atoms with Crippen LogP contribution in [0, 0.1) is 0 Å². The predicted molar refractivity (Wildman–Crippen MR) is 153 cm³/mol. The summed E-state index contributed by atoms with van der Waals surface area (Å²) in [4.78, 5) is 27.1. The first-order valence-corrected chi connectivity index (χ1v) is 12.8. The third kappa shape index (κ3) is 2.77. The van der Waals surface area contributed by atoms with Crippen LogP contribution in [0.1, 0.15) is 0 Å². The smallest absolute Gasteiger partial charge is 0.200 e. The van der Waals surface area contributed by atoms with E-state index in [4.69, 9.17) is 4.42 Å². The molecule has 37 heavy (non-hydrogen) atoms. The van der Waals surface area contributed by atoms with Gasteiger partial charge in [-0.25, -0.2) is 0 Å². The second kappa shape index (κ2) is 7.38. The van der Waals surface area contributed by atoms with Crippen LogP contribution in [-0.4, -0.2) is 4.57 Å². The number of hydrogen-bond acceptors (Lipinski definition) is 4. The monoisotopic (exact) mass is 495 g/mol. The maximum absolute atomic E-state index is 13.8. The summed E-state index contributed by atoms with van der Waals surface area (Å²) in [5, 5.41) is 4.56. The van der Waals surface area contributed by atoms with Crippen molar-refractivity contribution in [2.24, 2.45) is 0 Å². The van der Waals surface area contributed by atoms with Gasteiger partial charge in [0.05, 0.1) is 32.2 Å². The molecule has 5 heteroatoms. The van der Waals surface area contributed by atoms with Gasteiger partial charge in [0.1, 0.15) is 11.2 Å². The highest BCUT2D eigenvalue weighted by molar-refractivity contribution is 7.25. The molecular formula is C32H17NO3S. The minimum atomic E-state index is -0.0887. The number of fused-ring (bicyclic) bond motifs is 7. The standard InChI is InChI=1S/C32H17NO3S/c34-30-20-10-3-6-15-27(20)36-28-16-23-29(17-22(28)30)37-32-21(31(23)35)11-7-14-26(32)33-24-12-4-1-8-18(24)19-9-2-5-13-25(19)33/h1-17H. The van der Waals surface area contributed by atoms with Gasteiger partial charge < -0.3 is 8.98 Å². The van der Waals surface area contributed by atoms with Gasteiger partial charge in [-0.2, -0.15) is 0 Å². The van der Waals surface area contributed by atoms with Crippen molar-refractivity contribution in [2.75, 3.05) is 0 Å². The Kier molecular flexibility index (Phi) is 4.08.